The number of hydrogen-bond donors (Lipinski definition) is 0. The zero-order chi connectivity index (χ0) is 35.4. The van der Waals surface area contributed by atoms with Gasteiger partial charge >= 0.3 is 20.2 Å². The molecule has 0 spiro atoms. The third-order valence-electron chi connectivity index (χ3n) is 10.4. The summed E-state index contributed by atoms with van der Waals surface area (Å²) in [6.45, 7) is 22.4. The van der Waals surface area contributed by atoms with Crippen molar-refractivity contribution >= 4 is 25.9 Å². The first-order valence-electron chi connectivity index (χ1n) is 17.9. The van der Waals surface area contributed by atoms with Crippen LogP contribution >= 0.6 is 0 Å². The van der Waals surface area contributed by atoms with E-state index in [4.69, 9.17) is 28.3 Å². The Morgan fingerprint density at radius 2 is 0.979 bits per heavy atom. The maximum Gasteiger partial charge on any atom is 0.457 e. The molecule has 2 aromatic rings. The van der Waals surface area contributed by atoms with E-state index in [1.54, 1.807) is 0 Å². The number of unbranched alkanes of at least 4 members (excludes halogenated alkanes) is 2. The van der Waals surface area contributed by atoms with Crippen molar-refractivity contribution in [3.8, 4) is 0 Å². The molecule has 0 aromatic heterocycles. The third kappa shape index (κ3) is 9.41. The van der Waals surface area contributed by atoms with Crippen LogP contribution in [0.25, 0.3) is 0 Å². The van der Waals surface area contributed by atoms with Crippen molar-refractivity contribution in [2.75, 3.05) is 0 Å². The van der Waals surface area contributed by atoms with Crippen molar-refractivity contribution in [3.05, 3.63) is 71.8 Å². The van der Waals surface area contributed by atoms with Gasteiger partial charge in [-0.3, -0.25) is 4.99 Å². The van der Waals surface area contributed by atoms with Crippen LogP contribution < -0.4 is 0 Å². The van der Waals surface area contributed by atoms with Gasteiger partial charge in [0.2, 0.25) is 0 Å². The lowest BCUT2D eigenvalue weighted by Gasteiger charge is -2.33. The fourth-order valence-corrected chi connectivity index (χ4v) is 6.18. The quantitative estimate of drug-likeness (QED) is 0.0872. The first kappa shape index (κ1) is 38.4. The van der Waals surface area contributed by atoms with Crippen LogP contribution in [0.2, 0.25) is 12.6 Å². The molecule has 48 heavy (non-hydrogen) atoms. The highest BCUT2D eigenvalue weighted by Gasteiger charge is 2.52. The molecule has 2 fully saturated rings. The van der Waals surface area contributed by atoms with Crippen LogP contribution in [-0.4, -0.2) is 59.5 Å². The first-order chi connectivity index (χ1) is 22.3. The molecule has 2 saturated heterocycles. The number of nitrogens with zero attached hydrogens (tertiary/aromatic N) is 1. The average Bonchev–Trinajstić information content (AvgIpc) is 3.33. The van der Waals surface area contributed by atoms with E-state index in [1.165, 1.54) is 0 Å². The van der Waals surface area contributed by atoms with Gasteiger partial charge in [0, 0.05) is 11.1 Å². The van der Waals surface area contributed by atoms with Crippen molar-refractivity contribution in [2.45, 2.75) is 161 Å². The smallest absolute Gasteiger partial charge is 0.457 e. The van der Waals surface area contributed by atoms with Crippen LogP contribution in [-0.2, 0) is 28.1 Å². The molecule has 2 aliphatic rings. The van der Waals surface area contributed by atoms with Gasteiger partial charge in [-0.2, -0.15) is 0 Å². The Labute approximate surface area is 291 Å². The molecule has 0 amide bonds. The number of carbonyl (C=O) groups excluding carboxylic acids is 1. The number of carbonyl (C=O) groups is 1. The molecule has 9 heteroatoms. The standard InChI is InChI=1S/C39H59B2NO6/c1-34(2,3)44-33(43)39(26-18-20-28-40-45-35(4,5)36(6,7)46-40,27-19-21-29-41-47-37(8,9)38(10,11)48-41)42-32(30-22-14-12-15-23-30)31-24-16-13-17-25-31/h12-17,22-25H,18-21,26-29H2,1-11H3. The topological polar surface area (TPSA) is 75.6 Å². The molecule has 0 bridgehead atoms. The number of benzene rings is 2. The Kier molecular flexibility index (Phi) is 11.8. The van der Waals surface area contributed by atoms with E-state index in [0.717, 1.165) is 55.2 Å². The molecule has 4 rings (SSSR count). The summed E-state index contributed by atoms with van der Waals surface area (Å²) in [5.74, 6) is -0.286. The Balaban J connectivity index is 1.64. The minimum Gasteiger partial charge on any atom is -0.458 e. The molecule has 262 valence electrons. The number of ether oxygens (including phenoxy) is 1. The lowest BCUT2D eigenvalue weighted by Crippen LogP contribution is -2.43. The van der Waals surface area contributed by atoms with Crippen LogP contribution in [0, 0.1) is 0 Å². The summed E-state index contributed by atoms with van der Waals surface area (Å²) in [4.78, 5) is 20.0. The fraction of sp³-hybridized carbons (Fsp3) is 0.641. The normalized spacial score (nSPS) is 19.7. The van der Waals surface area contributed by atoms with Crippen molar-refractivity contribution in [1.82, 2.24) is 0 Å². The van der Waals surface area contributed by atoms with Gasteiger partial charge in [0.1, 0.15) is 5.60 Å². The molecular formula is C39H59B2NO6. The number of esters is 1. The molecule has 0 N–H and O–H groups in total. The van der Waals surface area contributed by atoms with Gasteiger partial charge in [-0.15, -0.1) is 0 Å². The molecule has 0 saturated carbocycles. The van der Waals surface area contributed by atoms with Gasteiger partial charge in [0.15, 0.2) is 5.54 Å². The van der Waals surface area contributed by atoms with Gasteiger partial charge in [0.25, 0.3) is 0 Å². The Bertz CT molecular complexity index is 1270. The predicted octanol–water partition coefficient (Wildman–Crippen LogP) is 9.13. The van der Waals surface area contributed by atoms with Crippen molar-refractivity contribution < 1.29 is 28.1 Å². The molecule has 2 aliphatic heterocycles. The molecule has 2 aromatic carbocycles. The Morgan fingerprint density at radius 3 is 1.31 bits per heavy atom. The number of aliphatic imine (C=N–C) groups is 1. The minimum absolute atomic E-state index is 0.279. The lowest BCUT2D eigenvalue weighted by molar-refractivity contribution is -0.162. The number of hydrogen-bond acceptors (Lipinski definition) is 7. The minimum atomic E-state index is -1.10. The van der Waals surface area contributed by atoms with E-state index >= 15 is 0 Å². The summed E-state index contributed by atoms with van der Waals surface area (Å²) in [7, 11) is -0.558. The van der Waals surface area contributed by atoms with Gasteiger partial charge in [-0.05, 0) is 102 Å². The Hall–Kier alpha value is -2.45. The summed E-state index contributed by atoms with van der Waals surface area (Å²) in [5.41, 5.74) is -0.544. The van der Waals surface area contributed by atoms with E-state index in [-0.39, 0.29) is 42.6 Å². The van der Waals surface area contributed by atoms with E-state index in [1.807, 2.05) is 57.2 Å². The lowest BCUT2D eigenvalue weighted by atomic mass is 9.78. The van der Waals surface area contributed by atoms with Gasteiger partial charge in [-0.1, -0.05) is 86.3 Å². The summed E-state index contributed by atoms with van der Waals surface area (Å²) < 4.78 is 31.3. The second kappa shape index (κ2) is 14.8. The van der Waals surface area contributed by atoms with E-state index in [2.05, 4.69) is 79.7 Å². The van der Waals surface area contributed by atoms with Crippen LogP contribution in [0.4, 0.5) is 0 Å². The van der Waals surface area contributed by atoms with Crippen LogP contribution in [0.5, 0.6) is 0 Å². The molecule has 2 heterocycles. The second-order valence-corrected chi connectivity index (χ2v) is 16.6. The zero-order valence-corrected chi connectivity index (χ0v) is 31.5. The van der Waals surface area contributed by atoms with E-state index < -0.39 is 11.1 Å². The van der Waals surface area contributed by atoms with E-state index in [0.29, 0.717) is 12.8 Å². The average molecular weight is 660 g/mol. The third-order valence-corrected chi connectivity index (χ3v) is 10.4. The SMILES string of the molecule is CC(C)(C)OC(=O)C(CCCCB1OC(C)(C)C(C)(C)O1)(CCCCB1OC(C)(C)C(C)(C)O1)N=C(c1ccccc1)c1ccccc1. The summed E-state index contributed by atoms with van der Waals surface area (Å²) in [6, 6.07) is 20.3. The molecule has 0 radical (unpaired) electrons. The maximum absolute atomic E-state index is 14.5. The second-order valence-electron chi connectivity index (χ2n) is 16.6. The fourth-order valence-electron chi connectivity index (χ4n) is 6.18. The summed E-state index contributed by atoms with van der Waals surface area (Å²) in [5, 5.41) is 0. The first-order valence-corrected chi connectivity index (χ1v) is 17.9. The zero-order valence-electron chi connectivity index (χ0n) is 31.5. The van der Waals surface area contributed by atoms with Crippen molar-refractivity contribution in [3.63, 3.8) is 0 Å². The monoisotopic (exact) mass is 659 g/mol. The van der Waals surface area contributed by atoms with Crippen LogP contribution in [0.1, 0.15) is 126 Å². The summed E-state index contributed by atoms with van der Waals surface area (Å²) >= 11 is 0. The highest BCUT2D eigenvalue weighted by atomic mass is 16.7. The van der Waals surface area contributed by atoms with Crippen LogP contribution in [0.3, 0.4) is 0 Å². The maximum atomic E-state index is 14.5. The largest absolute Gasteiger partial charge is 0.458 e. The molecule has 0 aliphatic carbocycles. The van der Waals surface area contributed by atoms with Crippen molar-refractivity contribution in [2.24, 2.45) is 4.99 Å². The van der Waals surface area contributed by atoms with Gasteiger partial charge in [0.05, 0.1) is 28.1 Å². The highest BCUT2D eigenvalue weighted by molar-refractivity contribution is 6.45. The van der Waals surface area contributed by atoms with Crippen molar-refractivity contribution in [1.29, 1.82) is 0 Å². The van der Waals surface area contributed by atoms with Gasteiger partial charge in [-0.25, -0.2) is 4.79 Å². The van der Waals surface area contributed by atoms with Gasteiger partial charge < -0.3 is 23.4 Å². The predicted molar refractivity (Wildman–Crippen MR) is 197 cm³/mol. The number of rotatable bonds is 14. The van der Waals surface area contributed by atoms with E-state index in [9.17, 15) is 4.79 Å². The summed E-state index contributed by atoms with van der Waals surface area (Å²) in [6.07, 6.45) is 5.76. The highest BCUT2D eigenvalue weighted by Crippen LogP contribution is 2.40. The Morgan fingerprint density at radius 1 is 0.625 bits per heavy atom. The van der Waals surface area contributed by atoms with Crippen LogP contribution in [0.15, 0.2) is 65.7 Å². The molecule has 7 nitrogen and oxygen atoms in total. The molecule has 0 unspecified atom stereocenters. The molecular weight excluding hydrogens is 600 g/mol. The molecule has 0 atom stereocenters.